The van der Waals surface area contributed by atoms with Crippen LogP contribution in [0.5, 0.6) is 5.75 Å². The van der Waals surface area contributed by atoms with Crippen molar-refractivity contribution in [3.63, 3.8) is 0 Å². The van der Waals surface area contributed by atoms with Crippen molar-refractivity contribution in [3.05, 3.63) is 89.5 Å². The Morgan fingerprint density at radius 1 is 1.03 bits per heavy atom. The molecule has 0 aliphatic carbocycles. The molecular formula is C27H28N2O3. The SMILES string of the molecule is COc1ccccc1C(=O)N1CCNC(=O)[C@H](Cc2ccccc2-c2ccc(C)cc2)C1. The molecule has 164 valence electrons. The highest BCUT2D eigenvalue weighted by molar-refractivity contribution is 5.97. The van der Waals surface area contributed by atoms with E-state index in [1.165, 1.54) is 5.56 Å². The third-order valence-corrected chi connectivity index (χ3v) is 5.96. The van der Waals surface area contributed by atoms with E-state index in [9.17, 15) is 9.59 Å². The highest BCUT2D eigenvalue weighted by Crippen LogP contribution is 2.27. The molecule has 4 rings (SSSR count). The maximum atomic E-state index is 13.3. The lowest BCUT2D eigenvalue weighted by atomic mass is 9.91. The maximum Gasteiger partial charge on any atom is 0.257 e. The number of nitrogens with one attached hydrogen (secondary N) is 1. The van der Waals surface area contributed by atoms with Crippen molar-refractivity contribution >= 4 is 11.8 Å². The van der Waals surface area contributed by atoms with E-state index in [-0.39, 0.29) is 17.7 Å². The number of carbonyl (C=O) groups is 2. The zero-order valence-electron chi connectivity index (χ0n) is 18.5. The molecule has 0 aromatic heterocycles. The van der Waals surface area contributed by atoms with Gasteiger partial charge in [-0.25, -0.2) is 0 Å². The van der Waals surface area contributed by atoms with Crippen molar-refractivity contribution < 1.29 is 14.3 Å². The zero-order valence-corrected chi connectivity index (χ0v) is 18.5. The van der Waals surface area contributed by atoms with Crippen LogP contribution in [0.1, 0.15) is 21.5 Å². The van der Waals surface area contributed by atoms with Crippen molar-refractivity contribution in [1.29, 1.82) is 0 Å². The van der Waals surface area contributed by atoms with Gasteiger partial charge < -0.3 is 15.0 Å². The minimum Gasteiger partial charge on any atom is -0.496 e. The summed E-state index contributed by atoms with van der Waals surface area (Å²) in [5.41, 5.74) is 5.07. The van der Waals surface area contributed by atoms with Crippen molar-refractivity contribution in [1.82, 2.24) is 10.2 Å². The Hall–Kier alpha value is -3.60. The molecule has 5 heteroatoms. The highest BCUT2D eigenvalue weighted by atomic mass is 16.5. The van der Waals surface area contributed by atoms with Crippen LogP contribution in [-0.2, 0) is 11.2 Å². The van der Waals surface area contributed by atoms with Gasteiger partial charge in [0.1, 0.15) is 5.75 Å². The minimum atomic E-state index is -0.331. The van der Waals surface area contributed by atoms with Crippen molar-refractivity contribution in [2.45, 2.75) is 13.3 Å². The van der Waals surface area contributed by atoms with Crippen LogP contribution in [-0.4, -0.2) is 43.5 Å². The summed E-state index contributed by atoms with van der Waals surface area (Å²) < 4.78 is 5.38. The van der Waals surface area contributed by atoms with E-state index in [0.717, 1.165) is 16.7 Å². The van der Waals surface area contributed by atoms with Gasteiger partial charge in [-0.2, -0.15) is 0 Å². The van der Waals surface area contributed by atoms with E-state index in [1.54, 1.807) is 24.1 Å². The monoisotopic (exact) mass is 428 g/mol. The minimum absolute atomic E-state index is 0.0148. The number of benzene rings is 3. The molecule has 0 spiro atoms. The van der Waals surface area contributed by atoms with E-state index in [2.05, 4.69) is 48.6 Å². The molecule has 1 aliphatic heterocycles. The third kappa shape index (κ3) is 4.67. The van der Waals surface area contributed by atoms with Crippen LogP contribution in [0.4, 0.5) is 0 Å². The molecule has 1 saturated heterocycles. The molecule has 5 nitrogen and oxygen atoms in total. The Labute approximate surface area is 189 Å². The summed E-state index contributed by atoms with van der Waals surface area (Å²) in [7, 11) is 1.56. The van der Waals surface area contributed by atoms with Gasteiger partial charge in [-0.1, -0.05) is 66.2 Å². The van der Waals surface area contributed by atoms with Gasteiger partial charge in [0.15, 0.2) is 0 Å². The van der Waals surface area contributed by atoms with Gasteiger partial charge in [-0.3, -0.25) is 9.59 Å². The number of methoxy groups -OCH3 is 1. The number of ether oxygens (including phenoxy) is 1. The number of para-hydroxylation sites is 1. The molecule has 1 aliphatic rings. The molecule has 3 aromatic carbocycles. The summed E-state index contributed by atoms with van der Waals surface area (Å²) in [5, 5.41) is 2.98. The van der Waals surface area contributed by atoms with Gasteiger partial charge in [-0.15, -0.1) is 0 Å². The lowest BCUT2D eigenvalue weighted by Gasteiger charge is -2.24. The summed E-state index contributed by atoms with van der Waals surface area (Å²) in [6.07, 6.45) is 0.561. The maximum absolute atomic E-state index is 13.3. The molecule has 3 aromatic rings. The number of hydrogen-bond acceptors (Lipinski definition) is 3. The first kappa shape index (κ1) is 21.6. The van der Waals surface area contributed by atoms with Gasteiger partial charge in [0.2, 0.25) is 5.91 Å². The quantitative estimate of drug-likeness (QED) is 0.666. The average molecular weight is 429 g/mol. The molecule has 32 heavy (non-hydrogen) atoms. The Bertz CT molecular complexity index is 1110. The van der Waals surface area contributed by atoms with Crippen molar-refractivity contribution in [2.24, 2.45) is 5.92 Å². The third-order valence-electron chi connectivity index (χ3n) is 5.96. The molecule has 0 radical (unpaired) electrons. The van der Waals surface area contributed by atoms with Gasteiger partial charge in [0.05, 0.1) is 18.6 Å². The Morgan fingerprint density at radius 3 is 2.53 bits per heavy atom. The lowest BCUT2D eigenvalue weighted by molar-refractivity contribution is -0.124. The van der Waals surface area contributed by atoms with E-state index in [0.29, 0.717) is 37.4 Å². The largest absolute Gasteiger partial charge is 0.496 e. The molecule has 1 fully saturated rings. The molecule has 0 unspecified atom stereocenters. The Kier molecular flexibility index (Phi) is 6.55. The van der Waals surface area contributed by atoms with Gasteiger partial charge in [0, 0.05) is 19.6 Å². The van der Waals surface area contributed by atoms with Crippen molar-refractivity contribution in [2.75, 3.05) is 26.7 Å². The van der Waals surface area contributed by atoms with Gasteiger partial charge in [0.25, 0.3) is 5.91 Å². The van der Waals surface area contributed by atoms with Crippen LogP contribution < -0.4 is 10.1 Å². The first-order valence-electron chi connectivity index (χ1n) is 10.9. The summed E-state index contributed by atoms with van der Waals surface area (Å²) in [5.74, 6) is 0.0832. The Balaban J connectivity index is 1.59. The standard InChI is InChI=1S/C27H28N2O3/c1-19-11-13-20(14-12-19)23-8-4-3-7-21(23)17-22-18-29(16-15-28-26(22)30)27(31)24-9-5-6-10-25(24)32-2/h3-14,22H,15-18H2,1-2H3,(H,28,30)/t22-/m1/s1. The van der Waals surface area contributed by atoms with Crippen LogP contribution in [0.25, 0.3) is 11.1 Å². The predicted molar refractivity (Wildman–Crippen MR) is 126 cm³/mol. The van der Waals surface area contributed by atoms with Crippen LogP contribution in [0.15, 0.2) is 72.8 Å². The fourth-order valence-corrected chi connectivity index (χ4v) is 4.21. The van der Waals surface area contributed by atoms with Gasteiger partial charge in [-0.05, 0) is 42.2 Å². The summed E-state index contributed by atoms with van der Waals surface area (Å²) in [6.45, 7) is 3.35. The summed E-state index contributed by atoms with van der Waals surface area (Å²) >= 11 is 0. The van der Waals surface area contributed by atoms with Crippen molar-refractivity contribution in [3.8, 4) is 16.9 Å². The summed E-state index contributed by atoms with van der Waals surface area (Å²) in [6, 6.07) is 23.8. The van der Waals surface area contributed by atoms with Crippen LogP contribution >= 0.6 is 0 Å². The fourth-order valence-electron chi connectivity index (χ4n) is 4.21. The number of aryl methyl sites for hydroxylation is 1. The van der Waals surface area contributed by atoms with E-state index >= 15 is 0 Å². The van der Waals surface area contributed by atoms with Gasteiger partial charge >= 0.3 is 0 Å². The molecule has 1 heterocycles. The molecule has 1 N–H and O–H groups in total. The number of carbonyl (C=O) groups excluding carboxylic acids is 2. The second-order valence-electron chi connectivity index (χ2n) is 8.17. The topological polar surface area (TPSA) is 58.6 Å². The first-order valence-corrected chi connectivity index (χ1v) is 10.9. The second-order valence-corrected chi connectivity index (χ2v) is 8.17. The smallest absolute Gasteiger partial charge is 0.257 e. The molecule has 0 bridgehead atoms. The zero-order chi connectivity index (χ0) is 22.5. The summed E-state index contributed by atoms with van der Waals surface area (Å²) in [4.78, 5) is 27.9. The normalized spacial score (nSPS) is 16.2. The highest BCUT2D eigenvalue weighted by Gasteiger charge is 2.29. The first-order chi connectivity index (χ1) is 15.6. The van der Waals surface area contributed by atoms with Crippen LogP contribution in [0.3, 0.4) is 0 Å². The lowest BCUT2D eigenvalue weighted by Crippen LogP contribution is -2.37. The number of nitrogens with zero attached hydrogens (tertiary/aromatic N) is 1. The fraction of sp³-hybridized carbons (Fsp3) is 0.259. The van der Waals surface area contributed by atoms with Crippen LogP contribution in [0.2, 0.25) is 0 Å². The predicted octanol–water partition coefficient (Wildman–Crippen LogP) is 4.10. The number of rotatable bonds is 5. The average Bonchev–Trinajstić information content (AvgIpc) is 3.01. The van der Waals surface area contributed by atoms with E-state index < -0.39 is 0 Å². The molecule has 0 saturated carbocycles. The number of amides is 2. The van der Waals surface area contributed by atoms with E-state index in [4.69, 9.17) is 4.74 Å². The van der Waals surface area contributed by atoms with Crippen LogP contribution in [0, 0.1) is 12.8 Å². The molecule has 2 amide bonds. The number of hydrogen-bond donors (Lipinski definition) is 1. The molecular weight excluding hydrogens is 400 g/mol. The van der Waals surface area contributed by atoms with E-state index in [1.807, 2.05) is 24.3 Å². The Morgan fingerprint density at radius 2 is 1.75 bits per heavy atom. The molecule has 1 atom stereocenters. The second kappa shape index (κ2) is 9.69.